The van der Waals surface area contributed by atoms with E-state index in [0.717, 1.165) is 13.0 Å². The van der Waals surface area contributed by atoms with Crippen LogP contribution in [0.4, 0.5) is 0 Å². The zero-order valence-electron chi connectivity index (χ0n) is 8.26. The molecule has 1 unspecified atom stereocenters. The van der Waals surface area contributed by atoms with Crippen molar-refractivity contribution in [2.45, 2.75) is 19.4 Å². The number of hydrogen-bond acceptors (Lipinski definition) is 1. The lowest BCUT2D eigenvalue weighted by Crippen LogP contribution is -2.24. The van der Waals surface area contributed by atoms with Gasteiger partial charge in [-0.25, -0.2) is 0 Å². The summed E-state index contributed by atoms with van der Waals surface area (Å²) in [7, 11) is 0. The summed E-state index contributed by atoms with van der Waals surface area (Å²) in [4.78, 5) is 0. The van der Waals surface area contributed by atoms with Gasteiger partial charge in [-0.1, -0.05) is 40.2 Å². The highest BCUT2D eigenvalue weighted by Crippen LogP contribution is 2.18. The molecule has 0 amide bonds. The van der Waals surface area contributed by atoms with E-state index in [4.69, 9.17) is 0 Å². The van der Waals surface area contributed by atoms with Crippen molar-refractivity contribution in [3.05, 3.63) is 46.0 Å². The summed E-state index contributed by atoms with van der Waals surface area (Å²) < 4.78 is 1.21. The van der Waals surface area contributed by atoms with Crippen LogP contribution >= 0.6 is 15.9 Å². The standard InChI is InChI=1S/C12H14BrN/c1-9-4-5-10(8-12(9)13)7-11-3-2-6-14-11/h2-5,8,11,14H,6-7H2,1H3. The smallest absolute Gasteiger partial charge is 0.0293 e. The van der Waals surface area contributed by atoms with Gasteiger partial charge in [0.05, 0.1) is 0 Å². The third-order valence-electron chi connectivity index (χ3n) is 2.56. The monoisotopic (exact) mass is 251 g/mol. The molecule has 2 heteroatoms. The number of nitrogens with one attached hydrogen (secondary N) is 1. The largest absolute Gasteiger partial charge is 0.307 e. The molecule has 1 aliphatic rings. The Morgan fingerprint density at radius 2 is 2.36 bits per heavy atom. The predicted molar refractivity (Wildman–Crippen MR) is 63.5 cm³/mol. The first-order valence-electron chi connectivity index (χ1n) is 4.91. The van der Waals surface area contributed by atoms with Crippen molar-refractivity contribution in [2.24, 2.45) is 0 Å². The Morgan fingerprint density at radius 1 is 1.50 bits per heavy atom. The summed E-state index contributed by atoms with van der Waals surface area (Å²) in [6, 6.07) is 7.10. The number of hydrogen-bond donors (Lipinski definition) is 1. The zero-order valence-corrected chi connectivity index (χ0v) is 9.84. The minimum Gasteiger partial charge on any atom is -0.307 e. The van der Waals surface area contributed by atoms with Gasteiger partial charge in [0.15, 0.2) is 0 Å². The van der Waals surface area contributed by atoms with Crippen molar-refractivity contribution < 1.29 is 0 Å². The average Bonchev–Trinajstić information content (AvgIpc) is 2.64. The molecule has 1 N–H and O–H groups in total. The van der Waals surface area contributed by atoms with Crippen LogP contribution in [0, 0.1) is 6.92 Å². The van der Waals surface area contributed by atoms with Gasteiger partial charge in [0.1, 0.15) is 0 Å². The quantitative estimate of drug-likeness (QED) is 0.798. The molecule has 0 fully saturated rings. The van der Waals surface area contributed by atoms with Gasteiger partial charge in [0, 0.05) is 17.1 Å². The third kappa shape index (κ3) is 2.25. The minimum absolute atomic E-state index is 0.518. The van der Waals surface area contributed by atoms with E-state index in [1.54, 1.807) is 0 Å². The first-order valence-corrected chi connectivity index (χ1v) is 5.70. The van der Waals surface area contributed by atoms with Gasteiger partial charge in [-0.3, -0.25) is 0 Å². The van der Waals surface area contributed by atoms with E-state index in [0.29, 0.717) is 6.04 Å². The van der Waals surface area contributed by atoms with Gasteiger partial charge < -0.3 is 5.32 Å². The third-order valence-corrected chi connectivity index (χ3v) is 3.41. The lowest BCUT2D eigenvalue weighted by molar-refractivity contribution is 0.665. The van der Waals surface area contributed by atoms with Crippen LogP contribution in [-0.4, -0.2) is 12.6 Å². The fourth-order valence-electron chi connectivity index (χ4n) is 1.68. The van der Waals surface area contributed by atoms with Gasteiger partial charge in [-0.2, -0.15) is 0 Å². The van der Waals surface area contributed by atoms with Crippen LogP contribution < -0.4 is 5.32 Å². The maximum Gasteiger partial charge on any atom is 0.0293 e. The van der Waals surface area contributed by atoms with E-state index in [1.807, 2.05) is 0 Å². The molecule has 1 heterocycles. The lowest BCUT2D eigenvalue weighted by atomic mass is 10.1. The molecule has 0 radical (unpaired) electrons. The SMILES string of the molecule is Cc1ccc(CC2C=CCN2)cc1Br. The molecule has 74 valence electrons. The molecule has 1 atom stereocenters. The van der Waals surface area contributed by atoms with Crippen molar-refractivity contribution in [3.8, 4) is 0 Å². The Morgan fingerprint density at radius 3 is 3.00 bits per heavy atom. The Hall–Kier alpha value is -0.600. The molecule has 0 bridgehead atoms. The number of halogens is 1. The summed E-state index contributed by atoms with van der Waals surface area (Å²) >= 11 is 3.56. The molecule has 0 aliphatic carbocycles. The van der Waals surface area contributed by atoms with E-state index >= 15 is 0 Å². The van der Waals surface area contributed by atoms with Crippen LogP contribution in [0.5, 0.6) is 0 Å². The van der Waals surface area contributed by atoms with Gasteiger partial charge in [0.25, 0.3) is 0 Å². The van der Waals surface area contributed by atoms with Crippen LogP contribution in [0.25, 0.3) is 0 Å². The Balaban J connectivity index is 2.09. The molecule has 0 spiro atoms. The molecule has 1 aromatic rings. The molecular weight excluding hydrogens is 238 g/mol. The maximum atomic E-state index is 3.56. The van der Waals surface area contributed by atoms with Crippen LogP contribution in [0.3, 0.4) is 0 Å². The number of aryl methyl sites for hydroxylation is 1. The molecular formula is C12H14BrN. The van der Waals surface area contributed by atoms with E-state index < -0.39 is 0 Å². The summed E-state index contributed by atoms with van der Waals surface area (Å²) in [5.74, 6) is 0. The number of benzene rings is 1. The summed E-state index contributed by atoms with van der Waals surface area (Å²) in [5.41, 5.74) is 2.68. The summed E-state index contributed by atoms with van der Waals surface area (Å²) in [5, 5.41) is 3.41. The first-order chi connectivity index (χ1) is 6.75. The molecule has 0 saturated carbocycles. The highest BCUT2D eigenvalue weighted by molar-refractivity contribution is 9.10. The van der Waals surface area contributed by atoms with E-state index in [-0.39, 0.29) is 0 Å². The Kier molecular flexibility index (Phi) is 3.04. The van der Waals surface area contributed by atoms with E-state index in [9.17, 15) is 0 Å². The van der Waals surface area contributed by atoms with Crippen molar-refractivity contribution >= 4 is 15.9 Å². The second-order valence-electron chi connectivity index (χ2n) is 3.73. The fraction of sp³-hybridized carbons (Fsp3) is 0.333. The topological polar surface area (TPSA) is 12.0 Å². The van der Waals surface area contributed by atoms with Crippen molar-refractivity contribution in [1.29, 1.82) is 0 Å². The second kappa shape index (κ2) is 4.28. The van der Waals surface area contributed by atoms with Crippen molar-refractivity contribution in [2.75, 3.05) is 6.54 Å². The summed E-state index contributed by atoms with van der Waals surface area (Å²) in [6.45, 7) is 3.12. The molecule has 1 aromatic carbocycles. The lowest BCUT2D eigenvalue weighted by Gasteiger charge is -2.10. The first kappa shape index (κ1) is 9.94. The predicted octanol–water partition coefficient (Wildman–Crippen LogP) is 2.83. The molecule has 1 nitrogen and oxygen atoms in total. The Labute approximate surface area is 93.3 Å². The highest BCUT2D eigenvalue weighted by Gasteiger charge is 2.09. The zero-order chi connectivity index (χ0) is 9.97. The van der Waals surface area contributed by atoms with Gasteiger partial charge in [0.2, 0.25) is 0 Å². The minimum atomic E-state index is 0.518. The van der Waals surface area contributed by atoms with Crippen LogP contribution in [-0.2, 0) is 6.42 Å². The molecule has 0 aromatic heterocycles. The normalized spacial score (nSPS) is 20.3. The van der Waals surface area contributed by atoms with Gasteiger partial charge >= 0.3 is 0 Å². The average molecular weight is 252 g/mol. The highest BCUT2D eigenvalue weighted by atomic mass is 79.9. The van der Waals surface area contributed by atoms with E-state index in [1.165, 1.54) is 15.6 Å². The van der Waals surface area contributed by atoms with Gasteiger partial charge in [-0.05, 0) is 30.5 Å². The van der Waals surface area contributed by atoms with E-state index in [2.05, 4.69) is 58.5 Å². The summed E-state index contributed by atoms with van der Waals surface area (Å²) in [6.07, 6.45) is 5.51. The molecule has 0 saturated heterocycles. The molecule has 1 aliphatic heterocycles. The Bertz CT molecular complexity index is 357. The van der Waals surface area contributed by atoms with Crippen LogP contribution in [0.2, 0.25) is 0 Å². The second-order valence-corrected chi connectivity index (χ2v) is 4.58. The maximum absolute atomic E-state index is 3.56. The van der Waals surface area contributed by atoms with Crippen molar-refractivity contribution in [3.63, 3.8) is 0 Å². The van der Waals surface area contributed by atoms with Crippen LogP contribution in [0.15, 0.2) is 34.8 Å². The molecule has 2 rings (SSSR count). The fourth-order valence-corrected chi connectivity index (χ4v) is 2.10. The van der Waals surface area contributed by atoms with Crippen LogP contribution in [0.1, 0.15) is 11.1 Å². The van der Waals surface area contributed by atoms with Crippen molar-refractivity contribution in [1.82, 2.24) is 5.32 Å². The molecule has 14 heavy (non-hydrogen) atoms. The van der Waals surface area contributed by atoms with Gasteiger partial charge in [-0.15, -0.1) is 0 Å². The number of rotatable bonds is 2.